The van der Waals surface area contributed by atoms with Crippen LogP contribution in [0, 0.1) is 0 Å². The summed E-state index contributed by atoms with van der Waals surface area (Å²) in [7, 11) is 0. The molecule has 0 radical (unpaired) electrons. The van der Waals surface area contributed by atoms with Gasteiger partial charge in [-0.2, -0.15) is 0 Å². The summed E-state index contributed by atoms with van der Waals surface area (Å²) >= 11 is 6.41. The van der Waals surface area contributed by atoms with Gasteiger partial charge < -0.3 is 5.32 Å². The van der Waals surface area contributed by atoms with Gasteiger partial charge in [0.05, 0.1) is 28.2 Å². The molecule has 1 aromatic heterocycles. The molecule has 1 atom stereocenters. The number of hydrogen-bond donors (Lipinski definition) is 1. The lowest BCUT2D eigenvalue weighted by molar-refractivity contribution is -0.694. The number of quaternary nitrogens is 1. The largest absolute Gasteiger partial charge is 0.338 e. The van der Waals surface area contributed by atoms with Crippen molar-refractivity contribution in [2.24, 2.45) is 0 Å². The van der Waals surface area contributed by atoms with Gasteiger partial charge in [-0.25, -0.2) is 4.98 Å². The van der Waals surface area contributed by atoms with E-state index in [9.17, 15) is 4.79 Å². The van der Waals surface area contributed by atoms with E-state index < -0.39 is 0 Å². The minimum atomic E-state index is -0.0764. The van der Waals surface area contributed by atoms with Crippen molar-refractivity contribution in [1.82, 2.24) is 9.55 Å². The molecular weight excluding hydrogens is 346 g/mol. The summed E-state index contributed by atoms with van der Waals surface area (Å²) in [4.78, 5) is 18.1. The quantitative estimate of drug-likeness (QED) is 0.642. The average Bonchev–Trinajstić information content (AvgIpc) is 2.66. The maximum absolute atomic E-state index is 13.2. The predicted molar refractivity (Wildman–Crippen MR) is 107 cm³/mol. The standard InChI is InChI=1S/C21H24ClN3O/c1-3-4-9-14-23-15(2)20-24-18-12-7-5-10-16(18)21(26)25(20)19-13-8-6-11-17(19)22/h5-8,10-13,15,23H,3-4,9,14H2,1-2H3/p+1/t15-/m1/s1. The van der Waals surface area contributed by atoms with Gasteiger partial charge in [-0.1, -0.05) is 49.2 Å². The Morgan fingerprint density at radius 2 is 1.85 bits per heavy atom. The van der Waals surface area contributed by atoms with Gasteiger partial charge in [0.15, 0.2) is 5.82 Å². The zero-order chi connectivity index (χ0) is 18.5. The molecule has 0 unspecified atom stereocenters. The maximum atomic E-state index is 13.2. The zero-order valence-corrected chi connectivity index (χ0v) is 16.0. The minimum Gasteiger partial charge on any atom is -0.338 e. The fraction of sp³-hybridized carbons (Fsp3) is 0.333. The number of nitrogens with zero attached hydrogens (tertiary/aromatic N) is 2. The molecule has 5 heteroatoms. The Kier molecular flexibility index (Phi) is 6.07. The fourth-order valence-electron chi connectivity index (χ4n) is 3.19. The molecule has 0 aliphatic carbocycles. The predicted octanol–water partition coefficient (Wildman–Crippen LogP) is 3.85. The number of nitrogens with two attached hydrogens (primary N) is 1. The molecule has 1 heterocycles. The van der Waals surface area contributed by atoms with Crippen molar-refractivity contribution < 1.29 is 5.32 Å². The van der Waals surface area contributed by atoms with E-state index in [1.54, 1.807) is 10.6 Å². The monoisotopic (exact) mass is 370 g/mol. The molecule has 0 amide bonds. The zero-order valence-electron chi connectivity index (χ0n) is 15.3. The van der Waals surface area contributed by atoms with Crippen molar-refractivity contribution in [3.05, 3.63) is 69.7 Å². The highest BCUT2D eigenvalue weighted by atomic mass is 35.5. The van der Waals surface area contributed by atoms with Crippen LogP contribution >= 0.6 is 11.6 Å². The lowest BCUT2D eigenvalue weighted by Gasteiger charge is -2.18. The van der Waals surface area contributed by atoms with Crippen LogP contribution in [0.1, 0.15) is 45.0 Å². The fourth-order valence-corrected chi connectivity index (χ4v) is 3.41. The van der Waals surface area contributed by atoms with Crippen molar-refractivity contribution in [3.8, 4) is 5.69 Å². The maximum Gasteiger partial charge on any atom is 0.266 e. The number of fused-ring (bicyclic) bond motifs is 1. The molecule has 4 nitrogen and oxygen atoms in total. The third-order valence-electron chi connectivity index (χ3n) is 4.63. The van der Waals surface area contributed by atoms with E-state index in [0.29, 0.717) is 16.1 Å². The normalized spacial score (nSPS) is 12.4. The molecule has 0 aliphatic rings. The second kappa shape index (κ2) is 8.47. The molecule has 136 valence electrons. The second-order valence-electron chi connectivity index (χ2n) is 6.60. The van der Waals surface area contributed by atoms with E-state index in [1.807, 2.05) is 42.5 Å². The van der Waals surface area contributed by atoms with Gasteiger partial charge in [0.1, 0.15) is 6.04 Å². The first-order chi connectivity index (χ1) is 12.6. The van der Waals surface area contributed by atoms with Crippen molar-refractivity contribution in [2.45, 2.75) is 39.2 Å². The van der Waals surface area contributed by atoms with Crippen LogP contribution < -0.4 is 10.9 Å². The summed E-state index contributed by atoms with van der Waals surface area (Å²) in [5.74, 6) is 0.735. The summed E-state index contributed by atoms with van der Waals surface area (Å²) in [5, 5.41) is 3.40. The van der Waals surface area contributed by atoms with E-state index in [-0.39, 0.29) is 11.6 Å². The number of hydrogen-bond acceptors (Lipinski definition) is 2. The lowest BCUT2D eigenvalue weighted by Crippen LogP contribution is -2.85. The third-order valence-corrected chi connectivity index (χ3v) is 4.95. The summed E-state index contributed by atoms with van der Waals surface area (Å²) in [6, 6.07) is 15.0. The van der Waals surface area contributed by atoms with Crippen LogP contribution in [-0.4, -0.2) is 16.1 Å². The summed E-state index contributed by atoms with van der Waals surface area (Å²) < 4.78 is 1.67. The number of halogens is 1. The Morgan fingerprint density at radius 1 is 1.12 bits per heavy atom. The molecule has 2 N–H and O–H groups in total. The van der Waals surface area contributed by atoms with E-state index in [2.05, 4.69) is 19.2 Å². The van der Waals surface area contributed by atoms with Gasteiger partial charge in [0, 0.05) is 0 Å². The van der Waals surface area contributed by atoms with Crippen LogP contribution in [0.15, 0.2) is 53.3 Å². The smallest absolute Gasteiger partial charge is 0.266 e. The van der Waals surface area contributed by atoms with Gasteiger partial charge in [0.2, 0.25) is 0 Å². The molecule has 3 rings (SSSR count). The van der Waals surface area contributed by atoms with Gasteiger partial charge in [-0.15, -0.1) is 0 Å². The van der Waals surface area contributed by atoms with E-state index in [4.69, 9.17) is 16.6 Å². The van der Waals surface area contributed by atoms with Crippen LogP contribution in [0.2, 0.25) is 5.02 Å². The van der Waals surface area contributed by atoms with Crippen LogP contribution in [0.25, 0.3) is 16.6 Å². The number of para-hydroxylation sites is 2. The van der Waals surface area contributed by atoms with Crippen molar-refractivity contribution in [3.63, 3.8) is 0 Å². The molecule has 0 bridgehead atoms. The Bertz CT molecular complexity index is 951. The molecular formula is C21H25ClN3O+. The number of rotatable bonds is 7. The molecule has 3 aromatic rings. The molecule has 0 aliphatic heterocycles. The first-order valence-corrected chi connectivity index (χ1v) is 9.61. The van der Waals surface area contributed by atoms with Gasteiger partial charge >= 0.3 is 0 Å². The molecule has 0 saturated carbocycles. The first-order valence-electron chi connectivity index (χ1n) is 9.23. The first kappa shape index (κ1) is 18.6. The van der Waals surface area contributed by atoms with E-state index in [0.717, 1.165) is 24.3 Å². The second-order valence-corrected chi connectivity index (χ2v) is 7.01. The Labute approximate surface area is 158 Å². The number of aromatic nitrogens is 2. The van der Waals surface area contributed by atoms with Crippen molar-refractivity contribution in [1.29, 1.82) is 0 Å². The van der Waals surface area contributed by atoms with Crippen molar-refractivity contribution in [2.75, 3.05) is 6.54 Å². The average molecular weight is 371 g/mol. The number of benzene rings is 2. The Balaban J connectivity index is 2.12. The molecule has 0 fully saturated rings. The highest BCUT2D eigenvalue weighted by Gasteiger charge is 2.21. The van der Waals surface area contributed by atoms with Crippen LogP contribution in [0.3, 0.4) is 0 Å². The Hall–Kier alpha value is -2.17. The summed E-state index contributed by atoms with van der Waals surface area (Å²) in [6.45, 7) is 5.31. The van der Waals surface area contributed by atoms with Crippen LogP contribution in [0.5, 0.6) is 0 Å². The van der Waals surface area contributed by atoms with Crippen molar-refractivity contribution >= 4 is 22.5 Å². The van der Waals surface area contributed by atoms with Gasteiger partial charge in [-0.05, 0) is 44.0 Å². The number of unbranched alkanes of at least 4 members (excludes halogenated alkanes) is 2. The van der Waals surface area contributed by atoms with Crippen LogP contribution in [-0.2, 0) is 0 Å². The topological polar surface area (TPSA) is 51.5 Å². The van der Waals surface area contributed by atoms with Gasteiger partial charge in [0.25, 0.3) is 5.56 Å². The highest BCUT2D eigenvalue weighted by Crippen LogP contribution is 2.22. The van der Waals surface area contributed by atoms with Crippen LogP contribution in [0.4, 0.5) is 0 Å². The van der Waals surface area contributed by atoms with E-state index in [1.165, 1.54) is 12.8 Å². The molecule has 2 aromatic carbocycles. The van der Waals surface area contributed by atoms with E-state index >= 15 is 0 Å². The minimum absolute atomic E-state index is 0.0560. The lowest BCUT2D eigenvalue weighted by atomic mass is 10.2. The molecule has 26 heavy (non-hydrogen) atoms. The van der Waals surface area contributed by atoms with Gasteiger partial charge in [-0.3, -0.25) is 9.36 Å². The third kappa shape index (κ3) is 3.81. The molecule has 0 spiro atoms. The Morgan fingerprint density at radius 3 is 2.62 bits per heavy atom. The summed E-state index contributed by atoms with van der Waals surface area (Å²) in [6.07, 6.45) is 3.57. The highest BCUT2D eigenvalue weighted by molar-refractivity contribution is 6.32. The SMILES string of the molecule is CCCCC[NH2+][C@H](C)c1nc2ccccc2c(=O)n1-c1ccccc1Cl. The summed E-state index contributed by atoms with van der Waals surface area (Å²) in [5.41, 5.74) is 1.33. The molecule has 0 saturated heterocycles.